The Balaban J connectivity index is 2.41. The Hall–Kier alpha value is -0.570. The monoisotopic (exact) mass is 254 g/mol. The highest BCUT2D eigenvalue weighted by molar-refractivity contribution is 6.30. The van der Waals surface area contributed by atoms with Gasteiger partial charge in [-0.25, -0.2) is 0 Å². The first-order valence-corrected chi connectivity index (χ1v) is 6.58. The normalized spacial score (nSPS) is 13.1. The third-order valence-corrected chi connectivity index (χ3v) is 3.02. The van der Waals surface area contributed by atoms with Crippen LogP contribution in [0.25, 0.3) is 0 Å². The molecular weight excluding hydrogens is 232 g/mol. The van der Waals surface area contributed by atoms with Crippen molar-refractivity contribution < 1.29 is 0 Å². The number of nitrogens with one attached hydrogen (secondary N) is 2. The van der Waals surface area contributed by atoms with Crippen LogP contribution in [0, 0.1) is 6.92 Å². The zero-order valence-corrected chi connectivity index (χ0v) is 11.9. The minimum absolute atomic E-state index is 0.454. The lowest BCUT2D eigenvalue weighted by Crippen LogP contribution is -2.38. The van der Waals surface area contributed by atoms with Gasteiger partial charge in [0.1, 0.15) is 0 Å². The predicted octanol–water partition coefficient (Wildman–Crippen LogP) is 3.12. The second-order valence-electron chi connectivity index (χ2n) is 4.92. The van der Waals surface area contributed by atoms with E-state index in [0.717, 1.165) is 18.1 Å². The largest absolute Gasteiger partial charge is 0.313 e. The van der Waals surface area contributed by atoms with Gasteiger partial charge in [-0.05, 0) is 37.1 Å². The fourth-order valence-corrected chi connectivity index (χ4v) is 1.79. The molecule has 0 bridgehead atoms. The van der Waals surface area contributed by atoms with E-state index in [2.05, 4.69) is 44.4 Å². The highest BCUT2D eigenvalue weighted by Gasteiger charge is 2.04. The minimum Gasteiger partial charge on any atom is -0.313 e. The molecule has 0 aliphatic rings. The van der Waals surface area contributed by atoms with Gasteiger partial charge < -0.3 is 10.6 Å². The lowest BCUT2D eigenvalue weighted by molar-refractivity contribution is 0.473. The summed E-state index contributed by atoms with van der Waals surface area (Å²) in [6.07, 6.45) is 0. The van der Waals surface area contributed by atoms with Crippen LogP contribution in [0.2, 0.25) is 5.02 Å². The fourth-order valence-electron chi connectivity index (χ4n) is 1.60. The number of benzene rings is 1. The molecule has 0 saturated carbocycles. The Morgan fingerprint density at radius 3 is 2.53 bits per heavy atom. The molecule has 96 valence electrons. The van der Waals surface area contributed by atoms with E-state index in [-0.39, 0.29) is 0 Å². The first kappa shape index (κ1) is 14.5. The number of hydrogen-bond acceptors (Lipinski definition) is 2. The quantitative estimate of drug-likeness (QED) is 0.815. The zero-order valence-electron chi connectivity index (χ0n) is 11.2. The number of aryl methyl sites for hydroxylation is 1. The third kappa shape index (κ3) is 5.53. The van der Waals surface area contributed by atoms with Crippen molar-refractivity contribution in [2.24, 2.45) is 0 Å². The first-order valence-electron chi connectivity index (χ1n) is 6.21. The average Bonchev–Trinajstić information content (AvgIpc) is 2.27. The highest BCUT2D eigenvalue weighted by Crippen LogP contribution is 2.15. The SMILES string of the molecule is Cc1ccc(Cl)cc1CNC(C)CNC(C)C. The molecule has 1 aromatic rings. The zero-order chi connectivity index (χ0) is 12.8. The van der Waals surface area contributed by atoms with Gasteiger partial charge in [-0.15, -0.1) is 0 Å². The second kappa shape index (κ2) is 7.00. The maximum atomic E-state index is 5.99. The Bertz CT molecular complexity index is 350. The summed E-state index contributed by atoms with van der Waals surface area (Å²) in [4.78, 5) is 0. The van der Waals surface area contributed by atoms with E-state index in [9.17, 15) is 0 Å². The summed E-state index contributed by atoms with van der Waals surface area (Å²) in [5, 5.41) is 7.73. The van der Waals surface area contributed by atoms with E-state index in [1.165, 1.54) is 11.1 Å². The van der Waals surface area contributed by atoms with Gasteiger partial charge in [0.25, 0.3) is 0 Å². The number of rotatable bonds is 6. The summed E-state index contributed by atoms with van der Waals surface area (Å²) >= 11 is 5.99. The van der Waals surface area contributed by atoms with E-state index in [4.69, 9.17) is 11.6 Å². The van der Waals surface area contributed by atoms with Gasteiger partial charge in [0.15, 0.2) is 0 Å². The van der Waals surface area contributed by atoms with Crippen molar-refractivity contribution >= 4 is 11.6 Å². The second-order valence-corrected chi connectivity index (χ2v) is 5.35. The molecule has 1 unspecified atom stereocenters. The van der Waals surface area contributed by atoms with Crippen LogP contribution < -0.4 is 10.6 Å². The van der Waals surface area contributed by atoms with Crippen LogP contribution in [-0.2, 0) is 6.54 Å². The molecule has 17 heavy (non-hydrogen) atoms. The van der Waals surface area contributed by atoms with Crippen LogP contribution in [0.1, 0.15) is 31.9 Å². The van der Waals surface area contributed by atoms with Crippen molar-refractivity contribution in [1.82, 2.24) is 10.6 Å². The van der Waals surface area contributed by atoms with Crippen molar-refractivity contribution in [2.75, 3.05) is 6.54 Å². The van der Waals surface area contributed by atoms with Crippen molar-refractivity contribution in [1.29, 1.82) is 0 Å². The van der Waals surface area contributed by atoms with Gasteiger partial charge in [-0.2, -0.15) is 0 Å². The van der Waals surface area contributed by atoms with E-state index in [1.54, 1.807) is 0 Å². The first-order chi connectivity index (χ1) is 7.99. The standard InChI is InChI=1S/C14H23ClN2/c1-10(2)16-8-12(4)17-9-13-7-14(15)6-5-11(13)3/h5-7,10,12,16-17H,8-9H2,1-4H3. The molecule has 2 nitrogen and oxygen atoms in total. The van der Waals surface area contributed by atoms with Crippen LogP contribution in [0.5, 0.6) is 0 Å². The Labute approximate surface area is 110 Å². The third-order valence-electron chi connectivity index (χ3n) is 2.78. The van der Waals surface area contributed by atoms with Gasteiger partial charge >= 0.3 is 0 Å². The van der Waals surface area contributed by atoms with Crippen LogP contribution in [0.15, 0.2) is 18.2 Å². The fraction of sp³-hybridized carbons (Fsp3) is 0.571. The van der Waals surface area contributed by atoms with Gasteiger partial charge in [0, 0.05) is 30.2 Å². The maximum absolute atomic E-state index is 5.99. The minimum atomic E-state index is 0.454. The van der Waals surface area contributed by atoms with E-state index < -0.39 is 0 Å². The molecule has 0 amide bonds. The topological polar surface area (TPSA) is 24.1 Å². The molecule has 0 aliphatic carbocycles. The Morgan fingerprint density at radius 1 is 1.18 bits per heavy atom. The molecule has 0 radical (unpaired) electrons. The van der Waals surface area contributed by atoms with Gasteiger partial charge in [0.05, 0.1) is 0 Å². The molecule has 3 heteroatoms. The summed E-state index contributed by atoms with van der Waals surface area (Å²) in [5.74, 6) is 0. The van der Waals surface area contributed by atoms with Crippen molar-refractivity contribution in [3.63, 3.8) is 0 Å². The van der Waals surface area contributed by atoms with E-state index >= 15 is 0 Å². The molecule has 0 aliphatic heterocycles. The summed E-state index contributed by atoms with van der Waals surface area (Å²) in [6, 6.07) is 7.02. The van der Waals surface area contributed by atoms with E-state index in [0.29, 0.717) is 12.1 Å². The van der Waals surface area contributed by atoms with Crippen molar-refractivity contribution in [3.8, 4) is 0 Å². The summed E-state index contributed by atoms with van der Waals surface area (Å²) in [7, 11) is 0. The molecule has 0 spiro atoms. The molecule has 1 aromatic carbocycles. The van der Waals surface area contributed by atoms with Crippen molar-refractivity contribution in [2.45, 2.75) is 46.3 Å². The van der Waals surface area contributed by atoms with Crippen molar-refractivity contribution in [3.05, 3.63) is 34.3 Å². The van der Waals surface area contributed by atoms with Gasteiger partial charge in [-0.3, -0.25) is 0 Å². The molecule has 1 rings (SSSR count). The molecular formula is C14H23ClN2. The van der Waals surface area contributed by atoms with Crippen LogP contribution in [0.3, 0.4) is 0 Å². The predicted molar refractivity (Wildman–Crippen MR) is 75.6 cm³/mol. The molecule has 0 aromatic heterocycles. The molecule has 0 heterocycles. The van der Waals surface area contributed by atoms with E-state index in [1.807, 2.05) is 12.1 Å². The number of halogens is 1. The summed E-state index contributed by atoms with van der Waals surface area (Å²) in [6.45, 7) is 10.5. The van der Waals surface area contributed by atoms with Crippen LogP contribution in [0.4, 0.5) is 0 Å². The Morgan fingerprint density at radius 2 is 1.88 bits per heavy atom. The van der Waals surface area contributed by atoms with Gasteiger partial charge in [0.2, 0.25) is 0 Å². The van der Waals surface area contributed by atoms with Crippen LogP contribution in [-0.4, -0.2) is 18.6 Å². The molecule has 0 fully saturated rings. The average molecular weight is 255 g/mol. The number of hydrogen-bond donors (Lipinski definition) is 2. The maximum Gasteiger partial charge on any atom is 0.0409 e. The molecule has 0 saturated heterocycles. The smallest absolute Gasteiger partial charge is 0.0409 e. The molecule has 2 N–H and O–H groups in total. The van der Waals surface area contributed by atoms with Crippen LogP contribution >= 0.6 is 11.6 Å². The van der Waals surface area contributed by atoms with Gasteiger partial charge in [-0.1, -0.05) is 31.5 Å². The molecule has 1 atom stereocenters. The highest BCUT2D eigenvalue weighted by atomic mass is 35.5. The lowest BCUT2D eigenvalue weighted by atomic mass is 10.1. The summed E-state index contributed by atoms with van der Waals surface area (Å²) in [5.41, 5.74) is 2.56. The Kier molecular flexibility index (Phi) is 5.96. The lowest BCUT2D eigenvalue weighted by Gasteiger charge is -2.17. The summed E-state index contributed by atoms with van der Waals surface area (Å²) < 4.78 is 0.